The second-order valence-corrected chi connectivity index (χ2v) is 4.25. The third-order valence-corrected chi connectivity index (χ3v) is 3.12. The van der Waals surface area contributed by atoms with E-state index in [1.807, 2.05) is 0 Å². The minimum absolute atomic E-state index is 0.0160. The van der Waals surface area contributed by atoms with E-state index in [4.69, 9.17) is 5.73 Å². The van der Waals surface area contributed by atoms with Gasteiger partial charge in [-0.25, -0.2) is 0 Å². The molecule has 0 spiro atoms. The Balaban J connectivity index is 2.27. The van der Waals surface area contributed by atoms with Crippen LogP contribution in [0.5, 0.6) is 5.75 Å². The summed E-state index contributed by atoms with van der Waals surface area (Å²) < 4.78 is 0. The number of aromatic hydroxyl groups is 1. The standard InChI is InChI=1S/C12H16N2O3/c13-11-4-3-9(16)6-10(11)12(17)14-5-1-2-8(14)7-15/h3-4,6,8,15-16H,1-2,5,7,13H2. The summed E-state index contributed by atoms with van der Waals surface area (Å²) in [5, 5.41) is 18.6. The predicted octanol–water partition coefficient (Wildman–Crippen LogP) is 0.571. The quantitative estimate of drug-likeness (QED) is 0.517. The van der Waals surface area contributed by atoms with Gasteiger partial charge >= 0.3 is 0 Å². The van der Waals surface area contributed by atoms with Gasteiger partial charge in [0.15, 0.2) is 0 Å². The van der Waals surface area contributed by atoms with Crippen LogP contribution in [0.2, 0.25) is 0 Å². The molecule has 1 unspecified atom stereocenters. The molecule has 17 heavy (non-hydrogen) atoms. The number of likely N-dealkylation sites (tertiary alicyclic amines) is 1. The Morgan fingerprint density at radius 2 is 2.29 bits per heavy atom. The molecule has 1 aliphatic heterocycles. The lowest BCUT2D eigenvalue weighted by atomic mass is 10.1. The zero-order valence-electron chi connectivity index (χ0n) is 9.47. The van der Waals surface area contributed by atoms with Gasteiger partial charge in [-0.1, -0.05) is 0 Å². The van der Waals surface area contributed by atoms with Crippen molar-refractivity contribution >= 4 is 11.6 Å². The summed E-state index contributed by atoms with van der Waals surface area (Å²) in [5.74, 6) is -0.211. The van der Waals surface area contributed by atoms with Crippen LogP contribution in [0.1, 0.15) is 23.2 Å². The zero-order valence-corrected chi connectivity index (χ0v) is 9.47. The summed E-state index contributed by atoms with van der Waals surface area (Å²) in [6, 6.07) is 4.18. The van der Waals surface area contributed by atoms with Crippen LogP contribution in [0.25, 0.3) is 0 Å². The molecule has 0 bridgehead atoms. The molecule has 1 fully saturated rings. The van der Waals surface area contributed by atoms with Crippen LogP contribution in [0.3, 0.4) is 0 Å². The third kappa shape index (κ3) is 2.19. The van der Waals surface area contributed by atoms with Gasteiger partial charge in [0.2, 0.25) is 0 Å². The van der Waals surface area contributed by atoms with Crippen LogP contribution < -0.4 is 5.73 Å². The fraction of sp³-hybridized carbons (Fsp3) is 0.417. The van der Waals surface area contributed by atoms with Gasteiger partial charge in [-0.3, -0.25) is 4.79 Å². The number of aliphatic hydroxyl groups is 1. The topological polar surface area (TPSA) is 86.8 Å². The van der Waals surface area contributed by atoms with Crippen LogP contribution in [0, 0.1) is 0 Å². The molecular weight excluding hydrogens is 220 g/mol. The maximum absolute atomic E-state index is 12.2. The fourth-order valence-corrected chi connectivity index (χ4v) is 2.18. The minimum atomic E-state index is -0.227. The molecule has 0 aromatic heterocycles. The first-order valence-corrected chi connectivity index (χ1v) is 5.64. The number of carbonyl (C=O) groups excluding carboxylic acids is 1. The Bertz CT molecular complexity index is 434. The zero-order chi connectivity index (χ0) is 12.4. The number of hydrogen-bond donors (Lipinski definition) is 3. The van der Waals surface area contributed by atoms with E-state index in [1.165, 1.54) is 18.2 Å². The molecule has 5 heteroatoms. The number of phenols is 1. The van der Waals surface area contributed by atoms with Crippen LogP contribution >= 0.6 is 0 Å². The first-order valence-electron chi connectivity index (χ1n) is 5.64. The van der Waals surface area contributed by atoms with E-state index in [1.54, 1.807) is 4.90 Å². The highest BCUT2D eigenvalue weighted by molar-refractivity contribution is 5.99. The van der Waals surface area contributed by atoms with E-state index in [-0.39, 0.29) is 24.3 Å². The van der Waals surface area contributed by atoms with Crippen molar-refractivity contribution in [3.05, 3.63) is 23.8 Å². The second kappa shape index (κ2) is 4.63. The summed E-state index contributed by atoms with van der Waals surface area (Å²) in [6.45, 7) is 0.587. The van der Waals surface area contributed by atoms with E-state index in [9.17, 15) is 15.0 Å². The smallest absolute Gasteiger partial charge is 0.256 e. The number of aliphatic hydroxyl groups excluding tert-OH is 1. The number of nitrogens with two attached hydrogens (primary N) is 1. The number of nitrogen functional groups attached to an aromatic ring is 1. The summed E-state index contributed by atoms with van der Waals surface area (Å²) in [5.41, 5.74) is 6.36. The molecule has 2 rings (SSSR count). The number of benzene rings is 1. The first-order chi connectivity index (χ1) is 8.13. The average molecular weight is 236 g/mol. The number of anilines is 1. The molecule has 0 aliphatic carbocycles. The number of carbonyl (C=O) groups is 1. The fourth-order valence-electron chi connectivity index (χ4n) is 2.18. The molecule has 1 aliphatic rings. The Morgan fingerprint density at radius 3 is 3.00 bits per heavy atom. The van der Waals surface area contributed by atoms with E-state index in [2.05, 4.69) is 0 Å². The average Bonchev–Trinajstić information content (AvgIpc) is 2.79. The highest BCUT2D eigenvalue weighted by Crippen LogP contribution is 2.24. The summed E-state index contributed by atoms with van der Waals surface area (Å²) >= 11 is 0. The van der Waals surface area contributed by atoms with Crippen LogP contribution in [0.15, 0.2) is 18.2 Å². The van der Waals surface area contributed by atoms with Crippen molar-refractivity contribution in [1.29, 1.82) is 0 Å². The largest absolute Gasteiger partial charge is 0.508 e. The Hall–Kier alpha value is -1.75. The molecule has 1 heterocycles. The summed E-state index contributed by atoms with van der Waals surface area (Å²) in [6.07, 6.45) is 1.69. The highest BCUT2D eigenvalue weighted by atomic mass is 16.3. The Labute approximate surface area is 99.5 Å². The number of amides is 1. The molecule has 0 radical (unpaired) electrons. The molecule has 1 amide bonds. The van der Waals surface area contributed by atoms with Crippen LogP contribution in [-0.4, -0.2) is 40.2 Å². The van der Waals surface area contributed by atoms with Crippen molar-refractivity contribution < 1.29 is 15.0 Å². The van der Waals surface area contributed by atoms with Crippen molar-refractivity contribution in [3.63, 3.8) is 0 Å². The van der Waals surface area contributed by atoms with Gasteiger partial charge in [-0.05, 0) is 31.0 Å². The van der Waals surface area contributed by atoms with E-state index >= 15 is 0 Å². The SMILES string of the molecule is Nc1ccc(O)cc1C(=O)N1CCCC1CO. The van der Waals surface area contributed by atoms with Gasteiger partial charge in [-0.15, -0.1) is 0 Å². The van der Waals surface area contributed by atoms with Crippen molar-refractivity contribution in [2.24, 2.45) is 0 Å². The molecule has 1 atom stereocenters. The first kappa shape index (κ1) is 11.7. The monoisotopic (exact) mass is 236 g/mol. The van der Waals surface area contributed by atoms with E-state index in [0.717, 1.165) is 12.8 Å². The Kier molecular flexibility index (Phi) is 3.19. The summed E-state index contributed by atoms with van der Waals surface area (Å²) in [4.78, 5) is 13.8. The van der Waals surface area contributed by atoms with Crippen LogP contribution in [0.4, 0.5) is 5.69 Å². The van der Waals surface area contributed by atoms with E-state index in [0.29, 0.717) is 17.8 Å². The van der Waals surface area contributed by atoms with Crippen LogP contribution in [-0.2, 0) is 0 Å². The lowest BCUT2D eigenvalue weighted by Crippen LogP contribution is -2.37. The molecule has 4 N–H and O–H groups in total. The molecule has 5 nitrogen and oxygen atoms in total. The lowest BCUT2D eigenvalue weighted by molar-refractivity contribution is 0.0678. The van der Waals surface area contributed by atoms with Gasteiger partial charge in [0.05, 0.1) is 18.2 Å². The van der Waals surface area contributed by atoms with Gasteiger partial charge < -0.3 is 20.8 Å². The normalized spacial score (nSPS) is 19.6. The van der Waals surface area contributed by atoms with Crippen molar-refractivity contribution in [1.82, 2.24) is 4.90 Å². The van der Waals surface area contributed by atoms with Crippen molar-refractivity contribution in [2.45, 2.75) is 18.9 Å². The maximum Gasteiger partial charge on any atom is 0.256 e. The predicted molar refractivity (Wildman–Crippen MR) is 63.7 cm³/mol. The molecule has 1 aromatic carbocycles. The Morgan fingerprint density at radius 1 is 1.53 bits per heavy atom. The molecule has 0 saturated carbocycles. The number of nitrogens with zero attached hydrogens (tertiary/aromatic N) is 1. The second-order valence-electron chi connectivity index (χ2n) is 4.25. The highest BCUT2D eigenvalue weighted by Gasteiger charge is 2.29. The minimum Gasteiger partial charge on any atom is -0.508 e. The third-order valence-electron chi connectivity index (χ3n) is 3.12. The van der Waals surface area contributed by atoms with Crippen molar-refractivity contribution in [3.8, 4) is 5.75 Å². The molecule has 1 saturated heterocycles. The maximum atomic E-state index is 12.2. The van der Waals surface area contributed by atoms with Crippen molar-refractivity contribution in [2.75, 3.05) is 18.9 Å². The lowest BCUT2D eigenvalue weighted by Gasteiger charge is -2.23. The van der Waals surface area contributed by atoms with E-state index < -0.39 is 0 Å². The summed E-state index contributed by atoms with van der Waals surface area (Å²) in [7, 11) is 0. The number of phenolic OH excluding ortho intramolecular Hbond substituents is 1. The molecule has 92 valence electrons. The van der Waals surface area contributed by atoms with Gasteiger partial charge in [0.25, 0.3) is 5.91 Å². The van der Waals surface area contributed by atoms with Gasteiger partial charge in [-0.2, -0.15) is 0 Å². The number of rotatable bonds is 2. The van der Waals surface area contributed by atoms with Gasteiger partial charge in [0, 0.05) is 12.2 Å². The van der Waals surface area contributed by atoms with Gasteiger partial charge in [0.1, 0.15) is 5.75 Å². The molecular formula is C12H16N2O3. The molecule has 1 aromatic rings. The number of hydrogen-bond acceptors (Lipinski definition) is 4.